The molecule has 1 aromatic carbocycles. The number of rotatable bonds is 4. The van der Waals surface area contributed by atoms with E-state index in [2.05, 4.69) is 10.3 Å². The summed E-state index contributed by atoms with van der Waals surface area (Å²) < 4.78 is 0. The molecule has 1 aromatic heterocycles. The highest BCUT2D eigenvalue weighted by Crippen LogP contribution is 2.31. The highest BCUT2D eigenvalue weighted by Gasteiger charge is 2.34. The van der Waals surface area contributed by atoms with Crippen LogP contribution in [0.25, 0.3) is 0 Å². The molecule has 0 radical (unpaired) electrons. The molecular weight excluding hydrogens is 354 g/mol. The van der Waals surface area contributed by atoms with E-state index in [-0.39, 0.29) is 36.0 Å². The number of fused-ring (bicyclic) bond motifs is 1. The summed E-state index contributed by atoms with van der Waals surface area (Å²) in [7, 11) is 0. The Morgan fingerprint density at radius 1 is 1.07 bits per heavy atom. The van der Waals surface area contributed by atoms with E-state index >= 15 is 0 Å². The zero-order valence-electron chi connectivity index (χ0n) is 15.6. The minimum Gasteiger partial charge on any atom is -0.324 e. The van der Waals surface area contributed by atoms with Gasteiger partial charge in [0.1, 0.15) is 0 Å². The smallest absolute Gasteiger partial charge is 0.260 e. The summed E-state index contributed by atoms with van der Waals surface area (Å²) in [6.45, 7) is 0.447. The van der Waals surface area contributed by atoms with Crippen molar-refractivity contribution in [2.24, 2.45) is 11.8 Å². The van der Waals surface area contributed by atoms with Crippen LogP contribution in [0.5, 0.6) is 0 Å². The monoisotopic (exact) mass is 377 g/mol. The first-order chi connectivity index (χ1) is 13.6. The van der Waals surface area contributed by atoms with Gasteiger partial charge < -0.3 is 5.32 Å². The number of amides is 3. The SMILES string of the molecule is O=C(Nc1cccnc1)C1CCC(CN2C(=O)Cc3ccccc3C2=O)CC1. The van der Waals surface area contributed by atoms with E-state index in [1.54, 1.807) is 24.5 Å². The molecular formula is C22H23N3O3. The van der Waals surface area contributed by atoms with Gasteiger partial charge in [-0.3, -0.25) is 24.3 Å². The van der Waals surface area contributed by atoms with Gasteiger partial charge in [-0.25, -0.2) is 0 Å². The number of aromatic nitrogens is 1. The van der Waals surface area contributed by atoms with Crippen LogP contribution in [0.1, 0.15) is 41.6 Å². The van der Waals surface area contributed by atoms with Gasteiger partial charge in [-0.2, -0.15) is 0 Å². The Hall–Kier alpha value is -3.02. The van der Waals surface area contributed by atoms with Crippen LogP contribution >= 0.6 is 0 Å². The van der Waals surface area contributed by atoms with Crippen LogP contribution in [0, 0.1) is 11.8 Å². The molecule has 0 saturated heterocycles. The number of carbonyl (C=O) groups excluding carboxylic acids is 3. The second kappa shape index (κ2) is 7.92. The summed E-state index contributed by atoms with van der Waals surface area (Å²) in [5.74, 6) is -0.0838. The third-order valence-corrected chi connectivity index (χ3v) is 5.72. The molecule has 0 spiro atoms. The second-order valence-corrected chi connectivity index (χ2v) is 7.59. The standard InChI is InChI=1S/C22H23N3O3/c26-20-12-17-4-1-2-6-19(17)22(28)25(20)14-15-7-9-16(10-8-15)21(27)24-18-5-3-11-23-13-18/h1-6,11,13,15-16H,7-10,12,14H2,(H,24,27). The zero-order chi connectivity index (χ0) is 19.5. The number of carbonyl (C=O) groups is 3. The highest BCUT2D eigenvalue weighted by molar-refractivity contribution is 6.09. The number of hydrogen-bond donors (Lipinski definition) is 1. The fourth-order valence-electron chi connectivity index (χ4n) is 4.13. The average Bonchev–Trinajstić information content (AvgIpc) is 2.72. The lowest BCUT2D eigenvalue weighted by atomic mass is 9.81. The van der Waals surface area contributed by atoms with E-state index in [9.17, 15) is 14.4 Å². The van der Waals surface area contributed by atoms with Crippen molar-refractivity contribution in [3.8, 4) is 0 Å². The summed E-state index contributed by atoms with van der Waals surface area (Å²) in [5, 5.41) is 2.91. The van der Waals surface area contributed by atoms with Crippen LogP contribution in [-0.2, 0) is 16.0 Å². The number of anilines is 1. The van der Waals surface area contributed by atoms with E-state index in [4.69, 9.17) is 0 Å². The Labute approximate surface area is 164 Å². The zero-order valence-corrected chi connectivity index (χ0v) is 15.6. The van der Waals surface area contributed by atoms with Gasteiger partial charge in [0.05, 0.1) is 18.3 Å². The maximum atomic E-state index is 12.7. The van der Waals surface area contributed by atoms with Gasteiger partial charge in [0.25, 0.3) is 5.91 Å². The Morgan fingerprint density at radius 3 is 2.61 bits per heavy atom. The Bertz CT molecular complexity index is 889. The van der Waals surface area contributed by atoms with E-state index in [0.29, 0.717) is 17.8 Å². The molecule has 2 heterocycles. The average molecular weight is 377 g/mol. The predicted octanol–water partition coefficient (Wildman–Crippen LogP) is 3.05. The number of nitrogens with zero attached hydrogens (tertiary/aromatic N) is 2. The van der Waals surface area contributed by atoms with E-state index in [1.807, 2.05) is 24.3 Å². The lowest BCUT2D eigenvalue weighted by molar-refractivity contribution is -0.129. The number of pyridine rings is 1. The maximum Gasteiger partial charge on any atom is 0.260 e. The van der Waals surface area contributed by atoms with Crippen molar-refractivity contribution in [2.75, 3.05) is 11.9 Å². The molecule has 1 aliphatic heterocycles. The molecule has 6 heteroatoms. The third kappa shape index (κ3) is 3.81. The van der Waals surface area contributed by atoms with E-state index in [0.717, 1.165) is 31.2 Å². The van der Waals surface area contributed by atoms with Crippen molar-refractivity contribution in [2.45, 2.75) is 32.1 Å². The first-order valence-electron chi connectivity index (χ1n) is 9.75. The van der Waals surface area contributed by atoms with Gasteiger partial charge in [0, 0.05) is 24.2 Å². The van der Waals surface area contributed by atoms with Crippen molar-refractivity contribution < 1.29 is 14.4 Å². The van der Waals surface area contributed by atoms with Crippen molar-refractivity contribution in [3.63, 3.8) is 0 Å². The van der Waals surface area contributed by atoms with Gasteiger partial charge in [0.2, 0.25) is 11.8 Å². The Morgan fingerprint density at radius 2 is 1.86 bits per heavy atom. The van der Waals surface area contributed by atoms with Crippen LogP contribution in [0.2, 0.25) is 0 Å². The quantitative estimate of drug-likeness (QED) is 0.831. The third-order valence-electron chi connectivity index (χ3n) is 5.72. The normalized spacial score (nSPS) is 21.9. The number of hydrogen-bond acceptors (Lipinski definition) is 4. The van der Waals surface area contributed by atoms with Gasteiger partial charge in [-0.05, 0) is 55.4 Å². The molecule has 2 aliphatic rings. The fourth-order valence-corrected chi connectivity index (χ4v) is 4.13. The summed E-state index contributed by atoms with van der Waals surface area (Å²) in [4.78, 5) is 43.0. The summed E-state index contributed by atoms with van der Waals surface area (Å²) in [6, 6.07) is 10.9. The van der Waals surface area contributed by atoms with Crippen molar-refractivity contribution in [3.05, 3.63) is 59.9 Å². The summed E-state index contributed by atoms with van der Waals surface area (Å²) in [5.41, 5.74) is 2.15. The van der Waals surface area contributed by atoms with Crippen LogP contribution in [0.4, 0.5) is 5.69 Å². The highest BCUT2D eigenvalue weighted by atomic mass is 16.2. The first-order valence-corrected chi connectivity index (χ1v) is 9.75. The maximum absolute atomic E-state index is 12.7. The molecule has 1 fully saturated rings. The summed E-state index contributed by atoms with van der Waals surface area (Å²) >= 11 is 0. The van der Waals surface area contributed by atoms with Gasteiger partial charge in [-0.1, -0.05) is 18.2 Å². The number of benzene rings is 1. The second-order valence-electron chi connectivity index (χ2n) is 7.59. The number of nitrogens with one attached hydrogen (secondary N) is 1. The topological polar surface area (TPSA) is 79.4 Å². The predicted molar refractivity (Wildman–Crippen MR) is 105 cm³/mol. The van der Waals surface area contributed by atoms with Crippen molar-refractivity contribution in [1.82, 2.24) is 9.88 Å². The molecule has 3 amide bonds. The Balaban J connectivity index is 1.33. The molecule has 0 bridgehead atoms. The van der Waals surface area contributed by atoms with Gasteiger partial charge in [0.15, 0.2) is 0 Å². The van der Waals surface area contributed by atoms with Gasteiger partial charge in [-0.15, -0.1) is 0 Å². The van der Waals surface area contributed by atoms with Gasteiger partial charge >= 0.3 is 0 Å². The lowest BCUT2D eigenvalue weighted by Gasteiger charge is -2.33. The minimum atomic E-state index is -0.191. The molecule has 0 atom stereocenters. The Kier molecular flexibility index (Phi) is 5.19. The molecule has 0 unspecified atom stereocenters. The fraction of sp³-hybridized carbons (Fsp3) is 0.364. The molecule has 1 N–H and O–H groups in total. The van der Waals surface area contributed by atoms with E-state index in [1.165, 1.54) is 4.90 Å². The minimum absolute atomic E-state index is 0.0190. The molecule has 144 valence electrons. The van der Waals surface area contributed by atoms with Crippen molar-refractivity contribution >= 4 is 23.4 Å². The molecule has 1 aliphatic carbocycles. The van der Waals surface area contributed by atoms with Crippen molar-refractivity contribution in [1.29, 1.82) is 0 Å². The molecule has 1 saturated carbocycles. The molecule has 2 aromatic rings. The lowest BCUT2D eigenvalue weighted by Crippen LogP contribution is -2.45. The van der Waals surface area contributed by atoms with Crippen LogP contribution in [0.3, 0.4) is 0 Å². The number of imide groups is 1. The molecule has 4 rings (SSSR count). The summed E-state index contributed by atoms with van der Waals surface area (Å²) in [6.07, 6.45) is 6.79. The molecule has 6 nitrogen and oxygen atoms in total. The van der Waals surface area contributed by atoms with Crippen LogP contribution < -0.4 is 5.32 Å². The largest absolute Gasteiger partial charge is 0.324 e. The van der Waals surface area contributed by atoms with E-state index < -0.39 is 0 Å². The molecule has 28 heavy (non-hydrogen) atoms. The van der Waals surface area contributed by atoms with Crippen LogP contribution in [0.15, 0.2) is 48.8 Å². The van der Waals surface area contributed by atoms with Crippen LogP contribution in [-0.4, -0.2) is 34.2 Å². The first kappa shape index (κ1) is 18.3.